The van der Waals surface area contributed by atoms with Gasteiger partial charge in [0.05, 0.1) is 5.57 Å². The number of rotatable bonds is 2. The Morgan fingerprint density at radius 3 is 2.45 bits per heavy atom. The first kappa shape index (κ1) is 14.8. The van der Waals surface area contributed by atoms with E-state index in [-0.39, 0.29) is 11.2 Å². The van der Waals surface area contributed by atoms with E-state index in [9.17, 15) is 10.1 Å². The zero-order valence-corrected chi connectivity index (χ0v) is 13.5. The fourth-order valence-corrected chi connectivity index (χ4v) is 4.12. The van der Waals surface area contributed by atoms with E-state index >= 15 is 0 Å². The Morgan fingerprint density at radius 1 is 1.23 bits per heavy atom. The number of hydrogen-bond donors (Lipinski definition) is 0. The number of nitrogens with zero attached hydrogens (tertiary/aromatic N) is 2. The van der Waals surface area contributed by atoms with Gasteiger partial charge in [-0.2, -0.15) is 5.26 Å². The summed E-state index contributed by atoms with van der Waals surface area (Å²) in [6.45, 7) is 3.94. The molecule has 0 unspecified atom stereocenters. The summed E-state index contributed by atoms with van der Waals surface area (Å²) in [5.74, 6) is 0.000453. The molecule has 3 rings (SSSR count). The topological polar surface area (TPSA) is 44.1 Å². The van der Waals surface area contributed by atoms with Crippen molar-refractivity contribution < 1.29 is 4.79 Å². The molecule has 2 aliphatic carbocycles. The van der Waals surface area contributed by atoms with Crippen LogP contribution >= 0.6 is 0 Å². The predicted molar refractivity (Wildman–Crippen MR) is 87.4 cm³/mol. The molecule has 0 aromatic heterocycles. The fraction of sp³-hybridized carbons (Fsp3) is 0.474. The van der Waals surface area contributed by atoms with Crippen molar-refractivity contribution in [1.29, 1.82) is 5.26 Å². The quantitative estimate of drug-likeness (QED) is 0.835. The highest BCUT2D eigenvalue weighted by atomic mass is 16.1. The number of allylic oxidation sites excluding steroid dienone is 2. The average Bonchev–Trinajstić information content (AvgIpc) is 2.47. The maximum atomic E-state index is 12.2. The van der Waals surface area contributed by atoms with E-state index in [1.807, 2.05) is 26.0 Å². The first-order valence-electron chi connectivity index (χ1n) is 7.83. The number of carbonyl (C=O) groups is 1. The van der Waals surface area contributed by atoms with Gasteiger partial charge in [-0.05, 0) is 36.8 Å². The minimum atomic E-state index is -0.421. The van der Waals surface area contributed by atoms with E-state index in [0.717, 1.165) is 19.3 Å². The van der Waals surface area contributed by atoms with Crippen molar-refractivity contribution in [2.24, 2.45) is 10.8 Å². The van der Waals surface area contributed by atoms with Crippen molar-refractivity contribution >= 4 is 11.5 Å². The molecule has 0 atom stereocenters. The van der Waals surface area contributed by atoms with E-state index in [4.69, 9.17) is 0 Å². The molecule has 1 fully saturated rings. The summed E-state index contributed by atoms with van der Waals surface area (Å²) in [5.41, 5.74) is 1.18. The average molecular weight is 294 g/mol. The van der Waals surface area contributed by atoms with Gasteiger partial charge in [0.15, 0.2) is 5.78 Å². The van der Waals surface area contributed by atoms with Crippen LogP contribution in [0.5, 0.6) is 0 Å². The summed E-state index contributed by atoms with van der Waals surface area (Å²) in [6, 6.07) is 13.0. The molecule has 0 radical (unpaired) electrons. The second kappa shape index (κ2) is 4.98. The Kier molecular flexibility index (Phi) is 3.36. The zero-order chi connectivity index (χ0) is 16.0. The van der Waals surface area contributed by atoms with Crippen LogP contribution in [0, 0.1) is 22.2 Å². The minimum absolute atomic E-state index is 0.000453. The van der Waals surface area contributed by atoms with Crippen molar-refractivity contribution in [3.8, 4) is 6.07 Å². The van der Waals surface area contributed by atoms with E-state index in [0.29, 0.717) is 11.6 Å². The zero-order valence-electron chi connectivity index (χ0n) is 13.5. The highest BCUT2D eigenvalue weighted by Crippen LogP contribution is 2.55. The van der Waals surface area contributed by atoms with Gasteiger partial charge in [0.1, 0.15) is 6.07 Å². The van der Waals surface area contributed by atoms with Crippen molar-refractivity contribution in [3.05, 3.63) is 42.0 Å². The number of para-hydroxylation sites is 1. The van der Waals surface area contributed by atoms with Gasteiger partial charge in [0.25, 0.3) is 0 Å². The first-order valence-corrected chi connectivity index (χ1v) is 7.83. The Bertz CT molecular complexity index is 660. The predicted octanol–water partition coefficient (Wildman–Crippen LogP) is 3.72. The molecular weight excluding hydrogens is 272 g/mol. The van der Waals surface area contributed by atoms with Crippen LogP contribution in [-0.4, -0.2) is 18.9 Å². The fourth-order valence-electron chi connectivity index (χ4n) is 4.12. The standard InChI is InChI=1S/C19H22N2O/c1-18(2)13-19(9-14(12-20)17(18)22)10-16(11-19)21(3)15-7-5-4-6-8-15/h4-9,16H,10-11,13H2,1-3H3. The smallest absolute Gasteiger partial charge is 0.178 e. The molecule has 0 saturated heterocycles. The molecule has 1 saturated carbocycles. The van der Waals surface area contributed by atoms with Crippen molar-refractivity contribution in [3.63, 3.8) is 0 Å². The van der Waals surface area contributed by atoms with E-state index in [1.54, 1.807) is 0 Å². The molecule has 1 spiro atoms. The van der Waals surface area contributed by atoms with Crippen LogP contribution in [0.2, 0.25) is 0 Å². The minimum Gasteiger partial charge on any atom is -0.372 e. The van der Waals surface area contributed by atoms with Gasteiger partial charge >= 0.3 is 0 Å². The van der Waals surface area contributed by atoms with Crippen molar-refractivity contribution in [1.82, 2.24) is 0 Å². The highest BCUT2D eigenvalue weighted by Gasteiger charge is 2.52. The maximum absolute atomic E-state index is 12.2. The van der Waals surface area contributed by atoms with Gasteiger partial charge in [-0.15, -0.1) is 0 Å². The number of nitriles is 1. The van der Waals surface area contributed by atoms with Crippen molar-refractivity contribution in [2.45, 2.75) is 39.2 Å². The van der Waals surface area contributed by atoms with E-state index in [2.05, 4.69) is 42.3 Å². The van der Waals surface area contributed by atoms with E-state index in [1.165, 1.54) is 5.69 Å². The molecular formula is C19H22N2O. The molecule has 3 nitrogen and oxygen atoms in total. The monoisotopic (exact) mass is 294 g/mol. The van der Waals surface area contributed by atoms with Gasteiger partial charge in [-0.1, -0.05) is 38.1 Å². The Hall–Kier alpha value is -2.08. The molecule has 0 aliphatic heterocycles. The molecule has 0 heterocycles. The summed E-state index contributed by atoms with van der Waals surface area (Å²) in [7, 11) is 2.13. The number of hydrogen-bond acceptors (Lipinski definition) is 3. The van der Waals surface area contributed by atoms with Crippen LogP contribution in [0.15, 0.2) is 42.0 Å². The molecule has 1 aromatic rings. The lowest BCUT2D eigenvalue weighted by Gasteiger charge is -2.54. The summed E-state index contributed by atoms with van der Waals surface area (Å²) in [4.78, 5) is 14.6. The maximum Gasteiger partial charge on any atom is 0.178 e. The Morgan fingerprint density at radius 2 is 1.86 bits per heavy atom. The van der Waals surface area contributed by atoms with Crippen LogP contribution in [0.25, 0.3) is 0 Å². The lowest BCUT2D eigenvalue weighted by molar-refractivity contribution is -0.126. The molecule has 0 N–H and O–H groups in total. The normalized spacial score (nSPS) is 29.5. The van der Waals surface area contributed by atoms with Gasteiger partial charge in [-0.25, -0.2) is 0 Å². The molecule has 3 heteroatoms. The summed E-state index contributed by atoms with van der Waals surface area (Å²) >= 11 is 0. The summed E-state index contributed by atoms with van der Waals surface area (Å²) in [5, 5.41) is 9.25. The highest BCUT2D eigenvalue weighted by molar-refractivity contribution is 6.03. The molecule has 114 valence electrons. The second-order valence-electron chi connectivity index (χ2n) is 7.43. The number of benzene rings is 1. The first-order chi connectivity index (χ1) is 10.4. The van der Waals surface area contributed by atoms with Crippen molar-refractivity contribution in [2.75, 3.05) is 11.9 Å². The van der Waals surface area contributed by atoms with Gasteiger partial charge in [0.2, 0.25) is 0 Å². The molecule has 0 bridgehead atoms. The molecule has 22 heavy (non-hydrogen) atoms. The third-order valence-electron chi connectivity index (χ3n) is 5.22. The number of anilines is 1. The van der Waals surface area contributed by atoms with Gasteiger partial charge in [0, 0.05) is 24.2 Å². The van der Waals surface area contributed by atoms with Crippen LogP contribution in [0.4, 0.5) is 5.69 Å². The van der Waals surface area contributed by atoms with Gasteiger partial charge < -0.3 is 4.90 Å². The van der Waals surface area contributed by atoms with Gasteiger partial charge in [-0.3, -0.25) is 4.79 Å². The Balaban J connectivity index is 1.78. The molecule has 1 aromatic carbocycles. The molecule has 0 amide bonds. The number of ketones is 1. The summed E-state index contributed by atoms with van der Waals surface area (Å²) < 4.78 is 0. The van der Waals surface area contributed by atoms with E-state index < -0.39 is 5.41 Å². The number of Topliss-reactive ketones (excluding diaryl/α,β-unsaturated/α-hetero) is 1. The largest absolute Gasteiger partial charge is 0.372 e. The second-order valence-corrected chi connectivity index (χ2v) is 7.43. The van der Waals surface area contributed by atoms with Crippen LogP contribution in [0.1, 0.15) is 33.1 Å². The lowest BCUT2D eigenvalue weighted by atomic mass is 9.54. The van der Waals surface area contributed by atoms with Crippen LogP contribution < -0.4 is 4.90 Å². The third kappa shape index (κ3) is 2.33. The SMILES string of the molecule is CN(c1ccccc1)C1CC2(C=C(C#N)C(=O)C(C)(C)C2)C1. The third-order valence-corrected chi connectivity index (χ3v) is 5.22. The summed E-state index contributed by atoms with van der Waals surface area (Å²) in [6.07, 6.45) is 4.83. The van der Waals surface area contributed by atoms with Crippen LogP contribution in [-0.2, 0) is 4.79 Å². The molecule has 2 aliphatic rings. The Labute approximate surface area is 132 Å². The van der Waals surface area contributed by atoms with Crippen LogP contribution in [0.3, 0.4) is 0 Å². The number of carbonyl (C=O) groups excluding carboxylic acids is 1. The lowest BCUT2D eigenvalue weighted by Crippen LogP contribution is -2.53.